The predicted octanol–water partition coefficient (Wildman–Crippen LogP) is 1.68. The van der Waals surface area contributed by atoms with E-state index in [9.17, 15) is 4.79 Å². The number of halogens is 1. The molecular weight excluding hydrogens is 304 g/mol. The van der Waals surface area contributed by atoms with E-state index in [1.807, 2.05) is 30.3 Å². The Hall–Kier alpha value is -1.14. The average molecular weight is 329 g/mol. The Morgan fingerprint density at radius 1 is 1.36 bits per heavy atom. The molecule has 2 rings (SSSR count). The van der Waals surface area contributed by atoms with Gasteiger partial charge >= 0.3 is 0 Å². The van der Waals surface area contributed by atoms with E-state index in [4.69, 9.17) is 9.47 Å². The summed E-state index contributed by atoms with van der Waals surface area (Å²) >= 11 is 0. The summed E-state index contributed by atoms with van der Waals surface area (Å²) < 4.78 is 10.6. The molecule has 1 fully saturated rings. The molecule has 0 aliphatic carbocycles. The molecule has 124 valence electrons. The first kappa shape index (κ1) is 18.9. The van der Waals surface area contributed by atoms with Gasteiger partial charge in [0.2, 0.25) is 0 Å². The van der Waals surface area contributed by atoms with Gasteiger partial charge in [-0.2, -0.15) is 0 Å². The molecule has 22 heavy (non-hydrogen) atoms. The molecule has 0 radical (unpaired) electrons. The molecule has 0 saturated carbocycles. The van der Waals surface area contributed by atoms with Crippen molar-refractivity contribution in [2.24, 2.45) is 0 Å². The van der Waals surface area contributed by atoms with Gasteiger partial charge < -0.3 is 20.1 Å². The maximum absolute atomic E-state index is 12.4. The van der Waals surface area contributed by atoms with Gasteiger partial charge in [0.05, 0.1) is 12.1 Å². The molecule has 1 heterocycles. The normalized spacial score (nSPS) is 21.9. The van der Waals surface area contributed by atoms with Crippen molar-refractivity contribution < 1.29 is 14.3 Å². The summed E-state index contributed by atoms with van der Waals surface area (Å²) in [7, 11) is 3.24. The summed E-state index contributed by atoms with van der Waals surface area (Å²) in [6, 6.07) is 9.52. The summed E-state index contributed by atoms with van der Waals surface area (Å²) in [6.45, 7) is 2.11. The van der Waals surface area contributed by atoms with Crippen LogP contribution in [0.3, 0.4) is 0 Å². The van der Waals surface area contributed by atoms with E-state index in [0.29, 0.717) is 13.2 Å². The zero-order chi connectivity index (χ0) is 15.1. The topological polar surface area (TPSA) is 59.6 Å². The van der Waals surface area contributed by atoms with Crippen LogP contribution in [0.2, 0.25) is 0 Å². The van der Waals surface area contributed by atoms with Gasteiger partial charge in [-0.15, -0.1) is 12.4 Å². The maximum atomic E-state index is 12.4. The van der Waals surface area contributed by atoms with Crippen molar-refractivity contribution in [1.29, 1.82) is 0 Å². The molecule has 1 amide bonds. The number of amides is 1. The monoisotopic (exact) mass is 328 g/mol. The van der Waals surface area contributed by atoms with Crippen LogP contribution in [0.25, 0.3) is 0 Å². The van der Waals surface area contributed by atoms with Crippen LogP contribution in [0, 0.1) is 0 Å². The fourth-order valence-corrected chi connectivity index (χ4v) is 2.84. The Kier molecular flexibility index (Phi) is 7.82. The van der Waals surface area contributed by atoms with E-state index in [1.54, 1.807) is 14.2 Å². The van der Waals surface area contributed by atoms with Gasteiger partial charge in [-0.3, -0.25) is 4.79 Å². The quantitative estimate of drug-likeness (QED) is 0.799. The lowest BCUT2D eigenvalue weighted by Gasteiger charge is -2.29. The van der Waals surface area contributed by atoms with Crippen molar-refractivity contribution in [1.82, 2.24) is 10.6 Å². The number of carbonyl (C=O) groups is 1. The number of ether oxygens (including phenoxy) is 2. The Bertz CT molecular complexity index is 450. The van der Waals surface area contributed by atoms with Crippen LogP contribution >= 0.6 is 12.4 Å². The van der Waals surface area contributed by atoms with Crippen LogP contribution < -0.4 is 10.6 Å². The smallest absolute Gasteiger partial charge is 0.253 e. The van der Waals surface area contributed by atoms with Crippen LogP contribution in [0.1, 0.15) is 24.5 Å². The van der Waals surface area contributed by atoms with Crippen molar-refractivity contribution in [3.8, 4) is 0 Å². The predicted molar refractivity (Wildman–Crippen MR) is 88.3 cm³/mol. The van der Waals surface area contributed by atoms with Crippen LogP contribution in [0.4, 0.5) is 0 Å². The highest BCUT2D eigenvalue weighted by Gasteiger charge is 2.34. The third-order valence-electron chi connectivity index (χ3n) is 3.93. The van der Waals surface area contributed by atoms with Gasteiger partial charge in [0.1, 0.15) is 0 Å². The number of methoxy groups -OCH3 is 2. The number of nitrogens with one attached hydrogen (secondary N) is 2. The van der Waals surface area contributed by atoms with E-state index in [-0.39, 0.29) is 23.9 Å². The minimum absolute atomic E-state index is 0. The zero-order valence-corrected chi connectivity index (χ0v) is 13.9. The molecule has 1 aromatic rings. The van der Waals surface area contributed by atoms with Crippen LogP contribution in [0.15, 0.2) is 30.3 Å². The second-order valence-corrected chi connectivity index (χ2v) is 5.49. The lowest BCUT2D eigenvalue weighted by Crippen LogP contribution is -2.53. The molecule has 2 atom stereocenters. The maximum Gasteiger partial charge on any atom is 0.253 e. The lowest BCUT2D eigenvalue weighted by atomic mass is 9.98. The third-order valence-corrected chi connectivity index (χ3v) is 3.93. The van der Waals surface area contributed by atoms with Crippen molar-refractivity contribution in [2.45, 2.75) is 24.5 Å². The number of carbonyl (C=O) groups excluding carboxylic acids is 1. The van der Waals surface area contributed by atoms with Gasteiger partial charge in [-0.05, 0) is 24.9 Å². The summed E-state index contributed by atoms with van der Waals surface area (Å²) in [5.74, 6) is -0.118. The molecule has 6 heteroatoms. The minimum atomic E-state index is -0.577. The van der Waals surface area contributed by atoms with Crippen molar-refractivity contribution in [2.75, 3.05) is 33.9 Å². The average Bonchev–Trinajstić information content (AvgIpc) is 2.96. The van der Waals surface area contributed by atoms with E-state index in [1.165, 1.54) is 0 Å². The first-order valence-corrected chi connectivity index (χ1v) is 7.30. The highest BCUT2D eigenvalue weighted by Crippen LogP contribution is 2.20. The Morgan fingerprint density at radius 3 is 2.64 bits per heavy atom. The molecule has 0 aromatic heterocycles. The zero-order valence-electron chi connectivity index (χ0n) is 13.1. The fraction of sp³-hybridized carbons (Fsp3) is 0.562. The molecule has 5 nitrogen and oxygen atoms in total. The highest BCUT2D eigenvalue weighted by molar-refractivity contribution is 5.85. The number of rotatable bonds is 7. The van der Waals surface area contributed by atoms with Crippen molar-refractivity contribution in [3.63, 3.8) is 0 Å². The SMILES string of the molecule is COCC1(CNC(=O)C(OC)c2ccccc2)CCCN1.Cl. The molecule has 1 aliphatic rings. The standard InChI is InChI=1S/C16H24N2O3.ClH/c1-20-12-16(9-6-10-18-16)11-17-15(19)14(21-2)13-7-4-3-5-8-13;/h3-5,7-8,14,18H,6,9-12H2,1-2H3,(H,17,19);1H. The molecule has 1 aliphatic heterocycles. The summed E-state index contributed by atoms with van der Waals surface area (Å²) in [5, 5.41) is 6.44. The molecule has 1 aromatic carbocycles. The largest absolute Gasteiger partial charge is 0.383 e. The highest BCUT2D eigenvalue weighted by atomic mass is 35.5. The molecule has 2 unspecified atom stereocenters. The third kappa shape index (κ3) is 4.68. The Balaban J connectivity index is 0.00000242. The van der Waals surface area contributed by atoms with Gasteiger partial charge in [0, 0.05) is 20.8 Å². The summed E-state index contributed by atoms with van der Waals surface area (Å²) in [4.78, 5) is 12.4. The van der Waals surface area contributed by atoms with E-state index >= 15 is 0 Å². The van der Waals surface area contributed by atoms with Crippen LogP contribution in [-0.2, 0) is 14.3 Å². The number of benzene rings is 1. The Morgan fingerprint density at radius 2 is 2.09 bits per heavy atom. The van der Waals surface area contributed by atoms with Crippen molar-refractivity contribution in [3.05, 3.63) is 35.9 Å². The number of hydrogen-bond acceptors (Lipinski definition) is 4. The first-order valence-electron chi connectivity index (χ1n) is 7.30. The number of hydrogen-bond donors (Lipinski definition) is 2. The van der Waals surface area contributed by atoms with Crippen molar-refractivity contribution >= 4 is 18.3 Å². The molecule has 0 bridgehead atoms. The summed E-state index contributed by atoms with van der Waals surface area (Å²) in [6.07, 6.45) is 1.53. The molecule has 2 N–H and O–H groups in total. The fourth-order valence-electron chi connectivity index (χ4n) is 2.84. The molecule has 0 spiro atoms. The van der Waals surface area contributed by atoms with Gasteiger partial charge in [-0.25, -0.2) is 0 Å². The second kappa shape index (κ2) is 9.10. The minimum Gasteiger partial charge on any atom is -0.383 e. The van der Waals surface area contributed by atoms with Gasteiger partial charge in [0.25, 0.3) is 5.91 Å². The van der Waals surface area contributed by atoms with Crippen LogP contribution in [-0.4, -0.2) is 45.4 Å². The molecule has 1 saturated heterocycles. The van der Waals surface area contributed by atoms with E-state index in [2.05, 4.69) is 10.6 Å². The van der Waals surface area contributed by atoms with Gasteiger partial charge in [0.15, 0.2) is 6.10 Å². The van der Waals surface area contributed by atoms with E-state index < -0.39 is 6.10 Å². The second-order valence-electron chi connectivity index (χ2n) is 5.49. The lowest BCUT2D eigenvalue weighted by molar-refractivity contribution is -0.131. The Labute approximate surface area is 138 Å². The van der Waals surface area contributed by atoms with E-state index in [0.717, 1.165) is 24.9 Å². The summed E-state index contributed by atoms with van der Waals surface area (Å²) in [5.41, 5.74) is 0.706. The van der Waals surface area contributed by atoms with Crippen LogP contribution in [0.5, 0.6) is 0 Å². The first-order chi connectivity index (χ1) is 10.2. The molecular formula is C16H25ClN2O3. The van der Waals surface area contributed by atoms with Gasteiger partial charge in [-0.1, -0.05) is 30.3 Å².